The van der Waals surface area contributed by atoms with Gasteiger partial charge in [0.15, 0.2) is 5.82 Å². The van der Waals surface area contributed by atoms with Gasteiger partial charge in [0.1, 0.15) is 5.01 Å². The Bertz CT molecular complexity index is 985. The first-order valence-corrected chi connectivity index (χ1v) is 10.5. The molecular weight excluding hydrogens is 376 g/mol. The van der Waals surface area contributed by atoms with Crippen LogP contribution < -0.4 is 10.5 Å². The Morgan fingerprint density at radius 1 is 1.07 bits per heavy atom. The molecule has 0 amide bonds. The lowest BCUT2D eigenvalue weighted by atomic mass is 10.3. The second-order valence-electron chi connectivity index (χ2n) is 7.23. The van der Waals surface area contributed by atoms with Gasteiger partial charge in [0.05, 0.1) is 6.54 Å². The molecule has 0 unspecified atom stereocenters. The maximum Gasteiger partial charge on any atom is 0.266 e. The minimum Gasteiger partial charge on any atom is -0.344 e. The van der Waals surface area contributed by atoms with Gasteiger partial charge in [-0.05, 0) is 25.0 Å². The predicted molar refractivity (Wildman–Crippen MR) is 106 cm³/mol. The van der Waals surface area contributed by atoms with Gasteiger partial charge in [0.25, 0.3) is 5.56 Å². The number of aromatic nitrogens is 6. The average molecular weight is 398 g/mol. The zero-order chi connectivity index (χ0) is 18.9. The molecule has 0 atom stereocenters. The molecule has 2 aliphatic rings. The number of piperazine rings is 1. The maximum absolute atomic E-state index is 12.1. The Kier molecular flexibility index (Phi) is 4.65. The molecular formula is C18H22N8OS. The Morgan fingerprint density at radius 3 is 2.68 bits per heavy atom. The van der Waals surface area contributed by atoms with E-state index in [0.29, 0.717) is 18.3 Å². The van der Waals surface area contributed by atoms with Crippen molar-refractivity contribution in [3.05, 3.63) is 46.0 Å². The lowest BCUT2D eigenvalue weighted by Gasteiger charge is -2.34. The van der Waals surface area contributed by atoms with Crippen molar-refractivity contribution >= 4 is 16.5 Å². The van der Waals surface area contributed by atoms with Crippen molar-refractivity contribution in [2.75, 3.05) is 37.6 Å². The molecule has 5 rings (SSSR count). The topological polar surface area (TPSA) is 85.0 Å². The van der Waals surface area contributed by atoms with Crippen molar-refractivity contribution in [2.45, 2.75) is 25.3 Å². The number of nitrogens with zero attached hydrogens (tertiary/aromatic N) is 8. The monoisotopic (exact) mass is 398 g/mol. The van der Waals surface area contributed by atoms with E-state index in [0.717, 1.165) is 37.9 Å². The summed E-state index contributed by atoms with van der Waals surface area (Å²) in [5.74, 6) is 1.31. The number of hydrogen-bond acceptors (Lipinski definition) is 8. The molecule has 1 aliphatic heterocycles. The van der Waals surface area contributed by atoms with E-state index in [2.05, 4.69) is 30.2 Å². The smallest absolute Gasteiger partial charge is 0.266 e. The quantitative estimate of drug-likeness (QED) is 0.612. The SMILES string of the molecule is O=c1ccc(-n2cccn2)nn1CCN1CCN(c2nnc(C3CC3)s2)CC1. The summed E-state index contributed by atoms with van der Waals surface area (Å²) in [7, 11) is 0. The Morgan fingerprint density at radius 2 is 1.93 bits per heavy atom. The minimum atomic E-state index is -0.0870. The summed E-state index contributed by atoms with van der Waals surface area (Å²) in [5, 5.41) is 19.6. The van der Waals surface area contributed by atoms with Crippen LogP contribution in [0.3, 0.4) is 0 Å². The first kappa shape index (κ1) is 17.5. The maximum atomic E-state index is 12.1. The Balaban J connectivity index is 1.17. The normalized spacial score (nSPS) is 17.9. The van der Waals surface area contributed by atoms with Crippen molar-refractivity contribution in [1.82, 2.24) is 34.7 Å². The van der Waals surface area contributed by atoms with Gasteiger partial charge >= 0.3 is 0 Å². The van der Waals surface area contributed by atoms with Crippen molar-refractivity contribution in [2.24, 2.45) is 0 Å². The third kappa shape index (κ3) is 3.69. The Labute approximate surface area is 166 Å². The van der Waals surface area contributed by atoms with Crippen LogP contribution >= 0.6 is 11.3 Å². The molecule has 3 aromatic rings. The van der Waals surface area contributed by atoms with Crippen LogP contribution in [0.5, 0.6) is 0 Å². The standard InChI is InChI=1S/C18H22N8OS/c27-16-5-4-15(25-7-1-6-19-25)22-26(16)13-10-23-8-11-24(12-9-23)18-21-20-17(28-18)14-2-3-14/h1,4-7,14H,2-3,8-13H2. The highest BCUT2D eigenvalue weighted by atomic mass is 32.1. The van der Waals surface area contributed by atoms with Gasteiger partial charge in [0.2, 0.25) is 5.13 Å². The second-order valence-corrected chi connectivity index (χ2v) is 8.22. The number of anilines is 1. The van der Waals surface area contributed by atoms with Crippen LogP contribution in [0.4, 0.5) is 5.13 Å². The van der Waals surface area contributed by atoms with Crippen LogP contribution in [-0.4, -0.2) is 67.4 Å². The van der Waals surface area contributed by atoms with Crippen LogP contribution in [0.1, 0.15) is 23.8 Å². The molecule has 10 heteroatoms. The summed E-state index contributed by atoms with van der Waals surface area (Å²) in [4.78, 5) is 16.8. The highest BCUT2D eigenvalue weighted by Crippen LogP contribution is 2.42. The number of hydrogen-bond donors (Lipinski definition) is 0. The molecule has 146 valence electrons. The molecule has 0 N–H and O–H groups in total. The Hall–Kier alpha value is -2.59. The summed E-state index contributed by atoms with van der Waals surface area (Å²) in [6.07, 6.45) is 6.04. The summed E-state index contributed by atoms with van der Waals surface area (Å²) < 4.78 is 3.18. The molecule has 0 spiro atoms. The van der Waals surface area contributed by atoms with E-state index in [1.165, 1.54) is 22.5 Å². The van der Waals surface area contributed by atoms with Gasteiger partial charge in [-0.1, -0.05) is 11.3 Å². The van der Waals surface area contributed by atoms with Crippen molar-refractivity contribution in [3.63, 3.8) is 0 Å². The minimum absolute atomic E-state index is 0.0870. The lowest BCUT2D eigenvalue weighted by Crippen LogP contribution is -2.47. The molecule has 0 radical (unpaired) electrons. The first-order valence-electron chi connectivity index (χ1n) is 9.65. The van der Waals surface area contributed by atoms with E-state index in [4.69, 9.17) is 0 Å². The number of rotatable bonds is 6. The fourth-order valence-corrected chi connectivity index (χ4v) is 4.44. The van der Waals surface area contributed by atoms with Crippen LogP contribution in [-0.2, 0) is 6.54 Å². The summed E-state index contributed by atoms with van der Waals surface area (Å²) in [6.45, 7) is 5.15. The van der Waals surface area contributed by atoms with Crippen molar-refractivity contribution < 1.29 is 0 Å². The van der Waals surface area contributed by atoms with Crippen LogP contribution in [0.15, 0.2) is 35.4 Å². The predicted octanol–water partition coefficient (Wildman–Crippen LogP) is 0.980. The van der Waals surface area contributed by atoms with Crippen molar-refractivity contribution in [3.8, 4) is 5.82 Å². The molecule has 2 fully saturated rings. The zero-order valence-corrected chi connectivity index (χ0v) is 16.3. The molecule has 0 aromatic carbocycles. The molecule has 9 nitrogen and oxygen atoms in total. The average Bonchev–Trinajstić information content (AvgIpc) is 3.21. The fraction of sp³-hybridized carbons (Fsp3) is 0.500. The van der Waals surface area contributed by atoms with E-state index in [-0.39, 0.29) is 5.56 Å². The molecule has 1 aliphatic carbocycles. The highest BCUT2D eigenvalue weighted by molar-refractivity contribution is 7.15. The largest absolute Gasteiger partial charge is 0.344 e. The first-order chi connectivity index (χ1) is 13.8. The van der Waals surface area contributed by atoms with E-state index >= 15 is 0 Å². The van der Waals surface area contributed by atoms with Crippen LogP contribution in [0.2, 0.25) is 0 Å². The van der Waals surface area contributed by atoms with E-state index in [1.54, 1.807) is 34.3 Å². The molecule has 3 aromatic heterocycles. The molecule has 4 heterocycles. The molecule has 1 saturated carbocycles. The summed E-state index contributed by atoms with van der Waals surface area (Å²) in [6, 6.07) is 5.08. The van der Waals surface area contributed by atoms with Gasteiger partial charge in [-0.3, -0.25) is 9.69 Å². The van der Waals surface area contributed by atoms with E-state index < -0.39 is 0 Å². The third-order valence-electron chi connectivity index (χ3n) is 5.22. The van der Waals surface area contributed by atoms with Gasteiger partial charge in [-0.2, -0.15) is 5.10 Å². The second kappa shape index (κ2) is 7.44. The van der Waals surface area contributed by atoms with Crippen molar-refractivity contribution in [1.29, 1.82) is 0 Å². The third-order valence-corrected chi connectivity index (χ3v) is 6.37. The van der Waals surface area contributed by atoms with E-state index in [9.17, 15) is 4.79 Å². The highest BCUT2D eigenvalue weighted by Gasteiger charge is 2.29. The van der Waals surface area contributed by atoms with Gasteiger partial charge < -0.3 is 4.90 Å². The fourth-order valence-electron chi connectivity index (χ4n) is 3.37. The molecule has 28 heavy (non-hydrogen) atoms. The lowest BCUT2D eigenvalue weighted by molar-refractivity contribution is 0.242. The van der Waals surface area contributed by atoms with Crippen LogP contribution in [0.25, 0.3) is 5.82 Å². The zero-order valence-electron chi connectivity index (χ0n) is 15.5. The van der Waals surface area contributed by atoms with Gasteiger partial charge in [-0.25, -0.2) is 9.36 Å². The van der Waals surface area contributed by atoms with E-state index in [1.807, 2.05) is 12.3 Å². The molecule has 0 bridgehead atoms. The molecule has 1 saturated heterocycles. The summed E-state index contributed by atoms with van der Waals surface area (Å²) in [5.41, 5.74) is -0.0870. The summed E-state index contributed by atoms with van der Waals surface area (Å²) >= 11 is 1.75. The van der Waals surface area contributed by atoms with Gasteiger partial charge in [-0.15, -0.1) is 15.3 Å². The van der Waals surface area contributed by atoms with Crippen LogP contribution in [0, 0.1) is 0 Å². The van der Waals surface area contributed by atoms with Gasteiger partial charge in [0, 0.05) is 57.1 Å².